The number of thiazole rings is 1. The van der Waals surface area contributed by atoms with Gasteiger partial charge in [-0.1, -0.05) is 0 Å². The fraction of sp³-hybridized carbons (Fsp3) is 0.667. The quantitative estimate of drug-likeness (QED) is 0.395. The fourth-order valence-electron chi connectivity index (χ4n) is 1.51. The standard InChI is InChI=1S/C12H23N5O2S3/c1-13-12(16-22(4,18)19)14-5-6-20-8-10-9-21-11(15-10)7-17(2)3/h9H,5-8H2,1-4H3,(H2,13,14,16). The molecule has 0 fully saturated rings. The Balaban J connectivity index is 2.28. The predicted molar refractivity (Wildman–Crippen MR) is 95.0 cm³/mol. The van der Waals surface area contributed by atoms with E-state index in [1.165, 1.54) is 0 Å². The second kappa shape index (κ2) is 9.33. The summed E-state index contributed by atoms with van der Waals surface area (Å²) in [6.07, 6.45) is 1.06. The summed E-state index contributed by atoms with van der Waals surface area (Å²) in [5, 5.41) is 8.89. The molecule has 0 bridgehead atoms. The SMILES string of the molecule is CNC(=NS(C)(=O)=O)NCCSCc1csc(CN(C)C)n1. The molecule has 1 rings (SSSR count). The Morgan fingerprint density at radius 1 is 1.50 bits per heavy atom. The summed E-state index contributed by atoms with van der Waals surface area (Å²) in [4.78, 5) is 6.67. The Hall–Kier alpha value is -0.840. The van der Waals surface area contributed by atoms with Crippen LogP contribution in [0.2, 0.25) is 0 Å². The van der Waals surface area contributed by atoms with Crippen molar-refractivity contribution < 1.29 is 8.42 Å². The van der Waals surface area contributed by atoms with Gasteiger partial charge in [-0.3, -0.25) is 0 Å². The van der Waals surface area contributed by atoms with Gasteiger partial charge in [0.15, 0.2) is 0 Å². The number of hydrogen-bond donors (Lipinski definition) is 2. The van der Waals surface area contributed by atoms with Gasteiger partial charge in [0.1, 0.15) is 5.01 Å². The summed E-state index contributed by atoms with van der Waals surface area (Å²) in [6, 6.07) is 0. The van der Waals surface area contributed by atoms with Gasteiger partial charge in [0.2, 0.25) is 5.96 Å². The van der Waals surface area contributed by atoms with Gasteiger partial charge >= 0.3 is 0 Å². The Labute approximate surface area is 140 Å². The van der Waals surface area contributed by atoms with Crippen LogP contribution >= 0.6 is 23.1 Å². The van der Waals surface area contributed by atoms with Crippen LogP contribution in [0, 0.1) is 0 Å². The highest BCUT2D eigenvalue weighted by molar-refractivity contribution is 7.98. The van der Waals surface area contributed by atoms with Crippen molar-refractivity contribution in [1.29, 1.82) is 0 Å². The van der Waals surface area contributed by atoms with Crippen LogP contribution in [0.5, 0.6) is 0 Å². The van der Waals surface area contributed by atoms with Crippen molar-refractivity contribution in [1.82, 2.24) is 20.5 Å². The van der Waals surface area contributed by atoms with Crippen LogP contribution in [0.25, 0.3) is 0 Å². The zero-order chi connectivity index (χ0) is 16.6. The maximum atomic E-state index is 11.1. The molecule has 0 aliphatic rings. The normalized spacial score (nSPS) is 12.7. The third-order valence-corrected chi connectivity index (χ3v) is 4.72. The van der Waals surface area contributed by atoms with E-state index >= 15 is 0 Å². The summed E-state index contributed by atoms with van der Waals surface area (Å²) < 4.78 is 25.7. The molecule has 0 saturated heterocycles. The third-order valence-electron chi connectivity index (χ3n) is 2.33. The molecule has 7 nitrogen and oxygen atoms in total. The molecule has 0 aliphatic heterocycles. The van der Waals surface area contributed by atoms with Crippen LogP contribution in [0.1, 0.15) is 10.7 Å². The lowest BCUT2D eigenvalue weighted by molar-refractivity contribution is 0.401. The van der Waals surface area contributed by atoms with Gasteiger partial charge < -0.3 is 15.5 Å². The number of thioether (sulfide) groups is 1. The number of guanidine groups is 1. The number of rotatable bonds is 8. The monoisotopic (exact) mass is 365 g/mol. The van der Waals surface area contributed by atoms with Crippen LogP contribution in [-0.2, 0) is 22.3 Å². The first-order valence-corrected chi connectivity index (χ1v) is 10.6. The molecule has 0 saturated carbocycles. The summed E-state index contributed by atoms with van der Waals surface area (Å²) in [7, 11) is 2.30. The van der Waals surface area contributed by atoms with E-state index in [1.54, 1.807) is 30.1 Å². The molecule has 1 aromatic heterocycles. The molecule has 0 aliphatic carbocycles. The number of sulfonamides is 1. The van der Waals surface area contributed by atoms with Crippen LogP contribution in [0.4, 0.5) is 0 Å². The molecule has 0 aromatic carbocycles. The molecule has 0 unspecified atom stereocenters. The lowest BCUT2D eigenvalue weighted by Crippen LogP contribution is -2.36. The molecule has 1 heterocycles. The highest BCUT2D eigenvalue weighted by atomic mass is 32.2. The van der Waals surface area contributed by atoms with Crippen molar-refractivity contribution in [3.8, 4) is 0 Å². The van der Waals surface area contributed by atoms with E-state index in [0.29, 0.717) is 6.54 Å². The van der Waals surface area contributed by atoms with Crippen molar-refractivity contribution in [2.45, 2.75) is 12.3 Å². The van der Waals surface area contributed by atoms with Gasteiger partial charge in [-0.25, -0.2) is 13.4 Å². The zero-order valence-corrected chi connectivity index (χ0v) is 15.7. The summed E-state index contributed by atoms with van der Waals surface area (Å²) in [6.45, 7) is 1.50. The van der Waals surface area contributed by atoms with E-state index in [0.717, 1.165) is 35.0 Å². The van der Waals surface area contributed by atoms with Crippen LogP contribution < -0.4 is 10.6 Å². The second-order valence-electron chi connectivity index (χ2n) is 4.87. The van der Waals surface area contributed by atoms with Crippen LogP contribution in [0.15, 0.2) is 9.78 Å². The molecular weight excluding hydrogens is 342 g/mol. The number of nitrogens with zero attached hydrogens (tertiary/aromatic N) is 3. The zero-order valence-electron chi connectivity index (χ0n) is 13.3. The second-order valence-corrected chi connectivity index (χ2v) is 8.57. The van der Waals surface area contributed by atoms with Crippen LogP contribution in [-0.4, -0.2) is 64.0 Å². The first-order valence-electron chi connectivity index (χ1n) is 6.67. The molecule has 2 N–H and O–H groups in total. The smallest absolute Gasteiger partial charge is 0.253 e. The maximum Gasteiger partial charge on any atom is 0.253 e. The summed E-state index contributed by atoms with van der Waals surface area (Å²) in [5.74, 6) is 1.96. The highest BCUT2D eigenvalue weighted by Gasteiger charge is 2.04. The largest absolute Gasteiger partial charge is 0.359 e. The van der Waals surface area contributed by atoms with Gasteiger partial charge in [-0.05, 0) is 14.1 Å². The fourth-order valence-corrected chi connectivity index (χ4v) is 3.76. The average molecular weight is 366 g/mol. The molecule has 0 spiro atoms. The molecular formula is C12H23N5O2S3. The van der Waals surface area contributed by atoms with Crippen molar-refractivity contribution in [3.05, 3.63) is 16.1 Å². The van der Waals surface area contributed by atoms with Crippen molar-refractivity contribution in [3.63, 3.8) is 0 Å². The molecule has 0 amide bonds. The highest BCUT2D eigenvalue weighted by Crippen LogP contribution is 2.16. The third kappa shape index (κ3) is 8.57. The minimum Gasteiger partial charge on any atom is -0.359 e. The number of aromatic nitrogens is 1. The van der Waals surface area contributed by atoms with E-state index in [2.05, 4.69) is 30.3 Å². The number of hydrogen-bond acceptors (Lipinski definition) is 6. The molecule has 22 heavy (non-hydrogen) atoms. The maximum absolute atomic E-state index is 11.1. The average Bonchev–Trinajstić information content (AvgIpc) is 2.82. The topological polar surface area (TPSA) is 86.7 Å². The molecule has 10 heteroatoms. The van der Waals surface area contributed by atoms with Crippen LogP contribution in [0.3, 0.4) is 0 Å². The summed E-state index contributed by atoms with van der Waals surface area (Å²) in [5.41, 5.74) is 1.09. The van der Waals surface area contributed by atoms with Crippen molar-refractivity contribution in [2.75, 3.05) is 39.7 Å². The van der Waals surface area contributed by atoms with E-state index in [-0.39, 0.29) is 5.96 Å². The Kier molecular flexibility index (Phi) is 8.15. The lowest BCUT2D eigenvalue weighted by Gasteiger charge is -2.08. The Morgan fingerprint density at radius 3 is 2.82 bits per heavy atom. The van der Waals surface area contributed by atoms with Gasteiger partial charge in [-0.2, -0.15) is 11.8 Å². The van der Waals surface area contributed by atoms with Gasteiger partial charge in [0.05, 0.1) is 11.9 Å². The van der Waals surface area contributed by atoms with E-state index < -0.39 is 10.0 Å². The van der Waals surface area contributed by atoms with Gasteiger partial charge in [0, 0.05) is 37.0 Å². The van der Waals surface area contributed by atoms with Gasteiger partial charge in [0.25, 0.3) is 10.0 Å². The molecule has 0 radical (unpaired) electrons. The summed E-state index contributed by atoms with van der Waals surface area (Å²) >= 11 is 3.42. The van der Waals surface area contributed by atoms with E-state index in [4.69, 9.17) is 0 Å². The minimum absolute atomic E-state index is 0.269. The molecule has 126 valence electrons. The van der Waals surface area contributed by atoms with E-state index in [9.17, 15) is 8.42 Å². The van der Waals surface area contributed by atoms with Gasteiger partial charge in [-0.15, -0.1) is 15.7 Å². The minimum atomic E-state index is -3.38. The first kappa shape index (κ1) is 19.2. The predicted octanol–water partition coefficient (Wildman–Crippen LogP) is 0.563. The lowest BCUT2D eigenvalue weighted by atomic mass is 10.5. The van der Waals surface area contributed by atoms with E-state index in [1.807, 2.05) is 14.1 Å². The van der Waals surface area contributed by atoms with Crippen molar-refractivity contribution in [2.24, 2.45) is 4.40 Å². The van der Waals surface area contributed by atoms with Crippen molar-refractivity contribution >= 4 is 39.1 Å². The Morgan fingerprint density at radius 2 is 2.23 bits per heavy atom. The number of nitrogens with one attached hydrogen (secondary N) is 2. The Bertz CT molecular complexity index is 583. The first-order chi connectivity index (χ1) is 10.3. The molecule has 0 atom stereocenters. The molecule has 1 aromatic rings.